The number of aryl methyl sites for hydroxylation is 1. The van der Waals surface area contributed by atoms with Gasteiger partial charge in [0, 0.05) is 12.2 Å². The largest absolute Gasteiger partial charge is 0.330 e. The molecule has 5 heteroatoms. The maximum atomic E-state index is 12.9. The Morgan fingerprint density at radius 2 is 1.79 bits per heavy atom. The van der Waals surface area contributed by atoms with Gasteiger partial charge in [-0.1, -0.05) is 17.7 Å². The smallest absolute Gasteiger partial charge is 0.230 e. The SMILES string of the molecule is Cc1ccc(N(CCCN)c2ncc(F)cn2)cc1. The van der Waals surface area contributed by atoms with E-state index in [1.807, 2.05) is 36.1 Å². The number of halogens is 1. The van der Waals surface area contributed by atoms with Gasteiger partial charge in [-0.2, -0.15) is 0 Å². The molecule has 0 spiro atoms. The first-order valence-corrected chi connectivity index (χ1v) is 6.22. The van der Waals surface area contributed by atoms with Gasteiger partial charge in [0.2, 0.25) is 5.95 Å². The molecule has 0 bridgehead atoms. The monoisotopic (exact) mass is 260 g/mol. The summed E-state index contributed by atoms with van der Waals surface area (Å²) in [5, 5.41) is 0. The molecule has 2 N–H and O–H groups in total. The lowest BCUT2D eigenvalue weighted by atomic mass is 10.2. The highest BCUT2D eigenvalue weighted by atomic mass is 19.1. The average Bonchev–Trinajstić information content (AvgIpc) is 2.43. The highest BCUT2D eigenvalue weighted by Crippen LogP contribution is 2.22. The predicted octanol–water partition coefficient (Wildman–Crippen LogP) is 2.41. The quantitative estimate of drug-likeness (QED) is 0.897. The van der Waals surface area contributed by atoms with Gasteiger partial charge in [-0.25, -0.2) is 14.4 Å². The summed E-state index contributed by atoms with van der Waals surface area (Å²) in [5.41, 5.74) is 7.71. The Morgan fingerprint density at radius 3 is 2.37 bits per heavy atom. The Balaban J connectivity index is 2.29. The van der Waals surface area contributed by atoms with Crippen LogP contribution in [0.2, 0.25) is 0 Å². The van der Waals surface area contributed by atoms with E-state index in [9.17, 15) is 4.39 Å². The molecule has 19 heavy (non-hydrogen) atoms. The van der Waals surface area contributed by atoms with Gasteiger partial charge in [0.15, 0.2) is 5.82 Å². The van der Waals surface area contributed by atoms with Crippen LogP contribution in [0.1, 0.15) is 12.0 Å². The molecule has 2 aromatic rings. The first kappa shape index (κ1) is 13.4. The molecule has 1 aromatic heterocycles. The lowest BCUT2D eigenvalue weighted by Crippen LogP contribution is -2.23. The van der Waals surface area contributed by atoms with Gasteiger partial charge < -0.3 is 10.6 Å². The third-order valence-electron chi connectivity index (χ3n) is 2.78. The zero-order valence-electron chi connectivity index (χ0n) is 10.9. The van der Waals surface area contributed by atoms with E-state index in [4.69, 9.17) is 5.73 Å². The molecule has 0 fully saturated rings. The summed E-state index contributed by atoms with van der Waals surface area (Å²) in [7, 11) is 0. The van der Waals surface area contributed by atoms with Crippen LogP contribution in [0, 0.1) is 12.7 Å². The van der Waals surface area contributed by atoms with E-state index in [-0.39, 0.29) is 0 Å². The number of hydrogen-bond acceptors (Lipinski definition) is 4. The van der Waals surface area contributed by atoms with Crippen molar-refractivity contribution in [2.24, 2.45) is 5.73 Å². The minimum Gasteiger partial charge on any atom is -0.330 e. The lowest BCUT2D eigenvalue weighted by Gasteiger charge is -2.22. The minimum atomic E-state index is -0.438. The van der Waals surface area contributed by atoms with Gasteiger partial charge in [-0.3, -0.25) is 0 Å². The second-order valence-electron chi connectivity index (χ2n) is 4.33. The molecule has 0 unspecified atom stereocenters. The number of benzene rings is 1. The van der Waals surface area contributed by atoms with E-state index in [0.717, 1.165) is 12.1 Å². The Bertz CT molecular complexity index is 464. The summed E-state index contributed by atoms with van der Waals surface area (Å²) in [6.45, 7) is 3.32. The van der Waals surface area contributed by atoms with Gasteiger partial charge in [0.05, 0.1) is 12.4 Å². The topological polar surface area (TPSA) is 55.0 Å². The van der Waals surface area contributed by atoms with E-state index in [1.165, 1.54) is 18.0 Å². The molecule has 4 nitrogen and oxygen atoms in total. The Morgan fingerprint density at radius 1 is 1.16 bits per heavy atom. The van der Waals surface area contributed by atoms with Crippen LogP contribution in [0.5, 0.6) is 0 Å². The molecule has 0 radical (unpaired) electrons. The van der Waals surface area contributed by atoms with Crippen LogP contribution in [0.15, 0.2) is 36.7 Å². The molecular weight excluding hydrogens is 243 g/mol. The Hall–Kier alpha value is -2.01. The van der Waals surface area contributed by atoms with Crippen LogP contribution >= 0.6 is 0 Å². The highest BCUT2D eigenvalue weighted by Gasteiger charge is 2.11. The predicted molar refractivity (Wildman–Crippen MR) is 73.8 cm³/mol. The first-order valence-electron chi connectivity index (χ1n) is 6.22. The molecule has 0 aliphatic carbocycles. The molecular formula is C14H17FN4. The van der Waals surface area contributed by atoms with Gasteiger partial charge in [0.25, 0.3) is 0 Å². The fourth-order valence-electron chi connectivity index (χ4n) is 1.76. The van der Waals surface area contributed by atoms with Crippen molar-refractivity contribution >= 4 is 11.6 Å². The number of nitrogens with zero attached hydrogens (tertiary/aromatic N) is 3. The van der Waals surface area contributed by atoms with Crippen LogP contribution in [-0.2, 0) is 0 Å². The number of hydrogen-bond donors (Lipinski definition) is 1. The fraction of sp³-hybridized carbons (Fsp3) is 0.286. The minimum absolute atomic E-state index is 0.438. The van der Waals surface area contributed by atoms with E-state index in [1.54, 1.807) is 0 Å². The molecule has 100 valence electrons. The van der Waals surface area contributed by atoms with Gasteiger partial charge in [0.1, 0.15) is 0 Å². The molecule has 0 amide bonds. The van der Waals surface area contributed by atoms with Gasteiger partial charge in [-0.15, -0.1) is 0 Å². The Kier molecular flexibility index (Phi) is 4.41. The van der Waals surface area contributed by atoms with Crippen molar-refractivity contribution in [3.63, 3.8) is 0 Å². The van der Waals surface area contributed by atoms with Crippen LogP contribution in [0.25, 0.3) is 0 Å². The zero-order chi connectivity index (χ0) is 13.7. The van der Waals surface area contributed by atoms with Crippen LogP contribution < -0.4 is 10.6 Å². The highest BCUT2D eigenvalue weighted by molar-refractivity contribution is 5.57. The second-order valence-corrected chi connectivity index (χ2v) is 4.33. The summed E-state index contributed by atoms with van der Waals surface area (Å²) in [4.78, 5) is 9.99. The van der Waals surface area contributed by atoms with E-state index < -0.39 is 5.82 Å². The molecule has 0 saturated carbocycles. The maximum absolute atomic E-state index is 12.9. The fourth-order valence-corrected chi connectivity index (χ4v) is 1.76. The normalized spacial score (nSPS) is 10.5. The number of rotatable bonds is 5. The first-order chi connectivity index (χ1) is 9.20. The third-order valence-corrected chi connectivity index (χ3v) is 2.78. The van der Waals surface area contributed by atoms with Gasteiger partial charge >= 0.3 is 0 Å². The number of nitrogens with two attached hydrogens (primary N) is 1. The van der Waals surface area contributed by atoms with Crippen molar-refractivity contribution in [2.75, 3.05) is 18.0 Å². The van der Waals surface area contributed by atoms with Crippen LogP contribution in [0.3, 0.4) is 0 Å². The molecule has 0 aliphatic heterocycles. The van der Waals surface area contributed by atoms with Crippen LogP contribution in [0.4, 0.5) is 16.0 Å². The molecule has 1 aromatic carbocycles. The van der Waals surface area contributed by atoms with Crippen molar-refractivity contribution in [3.05, 3.63) is 48.0 Å². The molecule has 0 aliphatic rings. The van der Waals surface area contributed by atoms with Crippen molar-refractivity contribution in [3.8, 4) is 0 Å². The summed E-state index contributed by atoms with van der Waals surface area (Å²) < 4.78 is 12.9. The van der Waals surface area contributed by atoms with E-state index >= 15 is 0 Å². The zero-order valence-corrected chi connectivity index (χ0v) is 10.9. The number of anilines is 2. The molecule has 0 saturated heterocycles. The average molecular weight is 260 g/mol. The summed E-state index contributed by atoms with van der Waals surface area (Å²) >= 11 is 0. The van der Waals surface area contributed by atoms with Crippen molar-refractivity contribution in [1.82, 2.24) is 9.97 Å². The third kappa shape index (κ3) is 3.48. The standard InChI is InChI=1S/C14H17FN4/c1-11-3-5-13(6-4-11)19(8-2-7-16)14-17-9-12(15)10-18-14/h3-6,9-10H,2,7-8,16H2,1H3. The maximum Gasteiger partial charge on any atom is 0.230 e. The Labute approximate surface area is 112 Å². The molecule has 0 atom stereocenters. The van der Waals surface area contributed by atoms with Crippen molar-refractivity contribution < 1.29 is 4.39 Å². The van der Waals surface area contributed by atoms with E-state index in [2.05, 4.69) is 9.97 Å². The lowest BCUT2D eigenvalue weighted by molar-refractivity contribution is 0.612. The van der Waals surface area contributed by atoms with Crippen molar-refractivity contribution in [2.45, 2.75) is 13.3 Å². The van der Waals surface area contributed by atoms with Crippen molar-refractivity contribution in [1.29, 1.82) is 0 Å². The molecule has 1 heterocycles. The summed E-state index contributed by atoms with van der Waals surface area (Å²) in [6.07, 6.45) is 3.16. The molecule has 2 rings (SSSR count). The second kappa shape index (κ2) is 6.24. The summed E-state index contributed by atoms with van der Waals surface area (Å²) in [5.74, 6) is 0.0464. The van der Waals surface area contributed by atoms with E-state index in [0.29, 0.717) is 19.0 Å². The van der Waals surface area contributed by atoms with Gasteiger partial charge in [-0.05, 0) is 32.0 Å². The van der Waals surface area contributed by atoms with Crippen LogP contribution in [-0.4, -0.2) is 23.1 Å². The summed E-state index contributed by atoms with van der Waals surface area (Å²) in [6, 6.07) is 8.04. The number of aromatic nitrogens is 2.